The van der Waals surface area contributed by atoms with E-state index in [0.29, 0.717) is 10.0 Å². The van der Waals surface area contributed by atoms with Crippen LogP contribution in [0.4, 0.5) is 5.69 Å². The molecule has 1 aromatic rings. The van der Waals surface area contributed by atoms with Crippen molar-refractivity contribution in [2.75, 3.05) is 50.7 Å². The van der Waals surface area contributed by atoms with E-state index in [-0.39, 0.29) is 0 Å². The lowest BCUT2D eigenvalue weighted by molar-refractivity contribution is 0.0437. The van der Waals surface area contributed by atoms with Crippen molar-refractivity contribution in [3.05, 3.63) is 52.2 Å². The number of hydrazone groups is 1. The van der Waals surface area contributed by atoms with Crippen molar-refractivity contribution < 1.29 is 0 Å². The summed E-state index contributed by atoms with van der Waals surface area (Å²) in [6.45, 7) is 7.27. The van der Waals surface area contributed by atoms with Crippen LogP contribution in [0.2, 0.25) is 10.0 Å². The Bertz CT molecular complexity index is 753. The average Bonchev–Trinajstić information content (AvgIpc) is 3.11. The van der Waals surface area contributed by atoms with Crippen molar-refractivity contribution in [2.24, 2.45) is 5.10 Å². The first-order chi connectivity index (χ1) is 13.2. The molecule has 0 atom stereocenters. The van der Waals surface area contributed by atoms with Crippen LogP contribution in [0.25, 0.3) is 0 Å². The third-order valence-electron chi connectivity index (χ3n) is 5.32. The lowest BCUT2D eigenvalue weighted by atomic mass is 10.2. The zero-order valence-corrected chi connectivity index (χ0v) is 16.9. The minimum atomic E-state index is 0.629. The standard InChI is InChI=1S/C20H25Cl2N5/c21-18-6-3-7-19(20(18)22)25-15-13-24(14-16-25)10-1-2-11-26-12-8-17-5-4-9-23-27(17)26/h3-9H,1-2,10-16H2. The molecule has 0 bridgehead atoms. The molecule has 27 heavy (non-hydrogen) atoms. The summed E-state index contributed by atoms with van der Waals surface area (Å²) in [7, 11) is 0. The molecule has 5 nitrogen and oxygen atoms in total. The Morgan fingerprint density at radius 2 is 1.81 bits per heavy atom. The largest absolute Gasteiger partial charge is 0.368 e. The lowest BCUT2D eigenvalue weighted by Gasteiger charge is -2.36. The van der Waals surface area contributed by atoms with Crippen LogP contribution in [0.5, 0.6) is 0 Å². The molecule has 3 heterocycles. The molecule has 0 aliphatic carbocycles. The third kappa shape index (κ3) is 4.32. The number of nitrogens with zero attached hydrogens (tertiary/aromatic N) is 5. The van der Waals surface area contributed by atoms with Crippen molar-refractivity contribution in [1.29, 1.82) is 0 Å². The van der Waals surface area contributed by atoms with Crippen LogP contribution in [0.1, 0.15) is 12.8 Å². The molecule has 0 saturated carbocycles. The summed E-state index contributed by atoms with van der Waals surface area (Å²) in [5, 5.41) is 10.1. The molecular weight excluding hydrogens is 381 g/mol. The second kappa shape index (κ2) is 8.65. The van der Waals surface area contributed by atoms with Crippen LogP contribution in [0, 0.1) is 0 Å². The van der Waals surface area contributed by atoms with Gasteiger partial charge in [0, 0.05) is 45.5 Å². The van der Waals surface area contributed by atoms with Crippen molar-refractivity contribution >= 4 is 35.1 Å². The molecule has 3 aliphatic rings. The van der Waals surface area contributed by atoms with Crippen LogP contribution in [0.3, 0.4) is 0 Å². The molecule has 0 radical (unpaired) electrons. The molecule has 3 aliphatic heterocycles. The zero-order chi connectivity index (χ0) is 18.6. The predicted octanol–water partition coefficient (Wildman–Crippen LogP) is 3.87. The summed E-state index contributed by atoms with van der Waals surface area (Å²) in [6, 6.07) is 5.87. The number of anilines is 1. The van der Waals surface area contributed by atoms with Gasteiger partial charge in [-0.3, -0.25) is 4.90 Å². The molecule has 1 saturated heterocycles. The van der Waals surface area contributed by atoms with Crippen molar-refractivity contribution in [3.63, 3.8) is 0 Å². The van der Waals surface area contributed by atoms with E-state index >= 15 is 0 Å². The van der Waals surface area contributed by atoms with Gasteiger partial charge in [0.05, 0.1) is 21.4 Å². The van der Waals surface area contributed by atoms with Gasteiger partial charge in [0.1, 0.15) is 0 Å². The molecule has 144 valence electrons. The maximum absolute atomic E-state index is 6.36. The fourth-order valence-corrected chi connectivity index (χ4v) is 4.22. The maximum atomic E-state index is 6.36. The van der Waals surface area contributed by atoms with E-state index in [0.717, 1.165) is 51.5 Å². The Kier molecular flexibility index (Phi) is 6.03. The van der Waals surface area contributed by atoms with E-state index in [2.05, 4.69) is 38.1 Å². The quantitative estimate of drug-likeness (QED) is 0.670. The van der Waals surface area contributed by atoms with Gasteiger partial charge in [-0.05, 0) is 49.7 Å². The first kappa shape index (κ1) is 18.8. The second-order valence-corrected chi connectivity index (χ2v) is 7.85. The fourth-order valence-electron chi connectivity index (χ4n) is 3.80. The monoisotopic (exact) mass is 405 g/mol. The minimum Gasteiger partial charge on any atom is -0.368 e. The summed E-state index contributed by atoms with van der Waals surface area (Å²) < 4.78 is 0. The summed E-state index contributed by atoms with van der Waals surface area (Å²) in [6.07, 6.45) is 10.6. The van der Waals surface area contributed by atoms with E-state index in [1.54, 1.807) is 0 Å². The molecule has 0 N–H and O–H groups in total. The SMILES string of the molecule is Clc1cccc(N2CCN(CCCCN3CC=C4C=CC=NN43)CC2)c1Cl. The van der Waals surface area contributed by atoms with Gasteiger partial charge < -0.3 is 4.90 Å². The van der Waals surface area contributed by atoms with Crippen molar-refractivity contribution in [3.8, 4) is 0 Å². The normalized spacial score (nSPS) is 20.3. The highest BCUT2D eigenvalue weighted by atomic mass is 35.5. The number of halogens is 2. The number of benzene rings is 1. The van der Waals surface area contributed by atoms with Gasteiger partial charge in [0.15, 0.2) is 0 Å². The number of hydrogen-bond acceptors (Lipinski definition) is 5. The molecule has 0 unspecified atom stereocenters. The number of hydrogen-bond donors (Lipinski definition) is 0. The zero-order valence-electron chi connectivity index (χ0n) is 15.4. The van der Waals surface area contributed by atoms with Gasteiger partial charge in [-0.25, -0.2) is 0 Å². The Hall–Kier alpha value is -1.53. The highest BCUT2D eigenvalue weighted by Gasteiger charge is 2.23. The first-order valence-corrected chi connectivity index (χ1v) is 10.3. The predicted molar refractivity (Wildman–Crippen MR) is 113 cm³/mol. The molecular formula is C20H25Cl2N5. The van der Waals surface area contributed by atoms with Crippen LogP contribution in [-0.2, 0) is 0 Å². The Balaban J connectivity index is 1.17. The minimum absolute atomic E-state index is 0.629. The summed E-state index contributed by atoms with van der Waals surface area (Å²) in [5.74, 6) is 0. The third-order valence-corrected chi connectivity index (χ3v) is 6.13. The van der Waals surface area contributed by atoms with Crippen molar-refractivity contribution in [2.45, 2.75) is 12.8 Å². The number of rotatable bonds is 6. The lowest BCUT2D eigenvalue weighted by Crippen LogP contribution is -2.46. The first-order valence-electron chi connectivity index (χ1n) is 9.59. The number of allylic oxidation sites excluding steroid dienone is 2. The number of piperazine rings is 1. The Labute approximate surface area is 171 Å². The van der Waals surface area contributed by atoms with Gasteiger partial charge in [0.2, 0.25) is 0 Å². The molecule has 1 aromatic carbocycles. The summed E-state index contributed by atoms with van der Waals surface area (Å²) in [5.41, 5.74) is 2.24. The topological polar surface area (TPSA) is 25.3 Å². The molecule has 0 amide bonds. The average molecular weight is 406 g/mol. The van der Waals surface area contributed by atoms with E-state index in [4.69, 9.17) is 23.2 Å². The van der Waals surface area contributed by atoms with Gasteiger partial charge >= 0.3 is 0 Å². The molecule has 7 heteroatoms. The van der Waals surface area contributed by atoms with E-state index in [1.165, 1.54) is 18.5 Å². The van der Waals surface area contributed by atoms with E-state index in [9.17, 15) is 0 Å². The molecule has 0 aromatic heterocycles. The summed E-state index contributed by atoms with van der Waals surface area (Å²) >= 11 is 12.5. The van der Waals surface area contributed by atoms with Crippen LogP contribution in [-0.4, -0.2) is 67.1 Å². The van der Waals surface area contributed by atoms with E-state index in [1.807, 2.05) is 29.5 Å². The Morgan fingerprint density at radius 3 is 2.67 bits per heavy atom. The van der Waals surface area contributed by atoms with E-state index < -0.39 is 0 Å². The smallest absolute Gasteiger partial charge is 0.0825 e. The second-order valence-electron chi connectivity index (χ2n) is 7.06. The number of unbranched alkanes of at least 4 members (excludes halogenated alkanes) is 1. The number of hydrazine groups is 1. The van der Waals surface area contributed by atoms with Gasteiger partial charge in [-0.1, -0.05) is 29.3 Å². The Morgan fingerprint density at radius 1 is 1.00 bits per heavy atom. The molecule has 4 rings (SSSR count). The maximum Gasteiger partial charge on any atom is 0.0825 e. The fraction of sp³-hybridized carbons (Fsp3) is 0.450. The van der Waals surface area contributed by atoms with Crippen LogP contribution < -0.4 is 4.90 Å². The van der Waals surface area contributed by atoms with Gasteiger partial charge in [0.25, 0.3) is 0 Å². The summed E-state index contributed by atoms with van der Waals surface area (Å²) in [4.78, 5) is 4.88. The van der Waals surface area contributed by atoms with Gasteiger partial charge in [-0.15, -0.1) is 0 Å². The van der Waals surface area contributed by atoms with Crippen molar-refractivity contribution in [1.82, 2.24) is 15.0 Å². The van der Waals surface area contributed by atoms with Crippen LogP contribution in [0.15, 0.2) is 47.2 Å². The van der Waals surface area contributed by atoms with Crippen LogP contribution >= 0.6 is 23.2 Å². The van der Waals surface area contributed by atoms with Gasteiger partial charge in [-0.2, -0.15) is 15.2 Å². The number of fused-ring (bicyclic) bond motifs is 1. The highest BCUT2D eigenvalue weighted by molar-refractivity contribution is 6.43. The molecule has 0 spiro atoms. The highest BCUT2D eigenvalue weighted by Crippen LogP contribution is 2.32. The molecule has 1 fully saturated rings.